The molecular weight excluding hydrogens is 564 g/mol. The minimum atomic E-state index is -1.15. The molecule has 238 valence electrons. The first-order chi connectivity index (χ1) is 20.9. The van der Waals surface area contributed by atoms with E-state index in [1.807, 2.05) is 57.2 Å². The summed E-state index contributed by atoms with van der Waals surface area (Å²) in [6, 6.07) is 13.0. The van der Waals surface area contributed by atoms with E-state index < -0.39 is 47.9 Å². The highest BCUT2D eigenvalue weighted by Crippen LogP contribution is 2.44. The Balaban J connectivity index is 1.47. The van der Waals surface area contributed by atoms with Crippen LogP contribution in [0, 0.1) is 11.8 Å². The zero-order chi connectivity index (χ0) is 32.4. The maximum atomic E-state index is 13.0. The Hall–Kier alpha value is -4.41. The molecule has 2 aromatic carbocycles. The van der Waals surface area contributed by atoms with Crippen molar-refractivity contribution in [3.63, 3.8) is 0 Å². The third-order valence-corrected chi connectivity index (χ3v) is 7.85. The number of hydrogen-bond donors (Lipinski definition) is 5. The molecule has 0 saturated heterocycles. The first kappa shape index (κ1) is 34.1. The van der Waals surface area contributed by atoms with Gasteiger partial charge >= 0.3 is 12.1 Å². The van der Waals surface area contributed by atoms with Crippen LogP contribution < -0.4 is 21.3 Å². The first-order valence-electron chi connectivity index (χ1n) is 15.1. The van der Waals surface area contributed by atoms with Gasteiger partial charge in [0.15, 0.2) is 0 Å². The average molecular weight is 609 g/mol. The minimum Gasteiger partial charge on any atom is -0.480 e. The van der Waals surface area contributed by atoms with Crippen molar-refractivity contribution in [2.75, 3.05) is 13.2 Å². The number of rotatable bonds is 15. The van der Waals surface area contributed by atoms with Gasteiger partial charge in [0.1, 0.15) is 24.7 Å². The Labute approximate surface area is 258 Å². The lowest BCUT2D eigenvalue weighted by molar-refractivity contribution is -0.142. The van der Waals surface area contributed by atoms with Crippen LogP contribution in [0.1, 0.15) is 70.9 Å². The van der Waals surface area contributed by atoms with Gasteiger partial charge in [0, 0.05) is 18.9 Å². The van der Waals surface area contributed by atoms with Gasteiger partial charge in [-0.05, 0) is 47.4 Å². The predicted molar refractivity (Wildman–Crippen MR) is 166 cm³/mol. The third kappa shape index (κ3) is 9.05. The highest BCUT2D eigenvalue weighted by Gasteiger charge is 2.31. The quantitative estimate of drug-likeness (QED) is 0.206. The van der Waals surface area contributed by atoms with Gasteiger partial charge in [0.25, 0.3) is 0 Å². The Morgan fingerprint density at radius 2 is 1.43 bits per heavy atom. The van der Waals surface area contributed by atoms with Gasteiger partial charge in [-0.25, -0.2) is 9.59 Å². The number of carbonyl (C=O) groups is 5. The molecule has 0 radical (unpaired) electrons. The van der Waals surface area contributed by atoms with Crippen molar-refractivity contribution in [2.45, 2.75) is 77.9 Å². The molecule has 5 N–H and O–H groups in total. The number of benzene rings is 2. The lowest BCUT2D eigenvalue weighted by Crippen LogP contribution is -2.56. The van der Waals surface area contributed by atoms with E-state index >= 15 is 0 Å². The van der Waals surface area contributed by atoms with Crippen molar-refractivity contribution in [3.05, 3.63) is 59.7 Å². The second-order valence-corrected chi connectivity index (χ2v) is 11.7. The normalized spacial score (nSPS) is 14.8. The molecule has 0 aliphatic heterocycles. The molecule has 0 heterocycles. The Morgan fingerprint density at radius 1 is 0.841 bits per heavy atom. The largest absolute Gasteiger partial charge is 0.480 e. The van der Waals surface area contributed by atoms with Gasteiger partial charge in [0.05, 0.1) is 0 Å². The minimum absolute atomic E-state index is 0.00257. The summed E-state index contributed by atoms with van der Waals surface area (Å²) in [7, 11) is 0. The van der Waals surface area contributed by atoms with E-state index in [1.54, 1.807) is 6.92 Å². The number of hydrogen-bond acceptors (Lipinski definition) is 6. The maximum absolute atomic E-state index is 13.0. The zero-order valence-corrected chi connectivity index (χ0v) is 26.0. The lowest BCUT2D eigenvalue weighted by Gasteiger charge is -2.26. The molecule has 0 unspecified atom stereocenters. The molecule has 11 heteroatoms. The second-order valence-electron chi connectivity index (χ2n) is 11.7. The number of alkyl carbamates (subject to hydrolysis) is 1. The van der Waals surface area contributed by atoms with E-state index in [4.69, 9.17) is 4.74 Å². The van der Waals surface area contributed by atoms with Crippen LogP contribution in [0.4, 0.5) is 4.79 Å². The van der Waals surface area contributed by atoms with E-state index in [0.717, 1.165) is 22.3 Å². The van der Waals surface area contributed by atoms with E-state index in [1.165, 1.54) is 6.92 Å². The highest BCUT2D eigenvalue weighted by atomic mass is 16.5. The third-order valence-electron chi connectivity index (χ3n) is 7.85. The molecule has 0 fully saturated rings. The summed E-state index contributed by atoms with van der Waals surface area (Å²) < 4.78 is 5.51. The molecule has 4 amide bonds. The summed E-state index contributed by atoms with van der Waals surface area (Å²) in [5.74, 6) is -3.09. The fourth-order valence-corrected chi connectivity index (χ4v) is 5.23. The number of carboxylic acids is 1. The number of ether oxygens (including phenoxy) is 1. The molecule has 3 rings (SSSR count). The van der Waals surface area contributed by atoms with E-state index in [2.05, 4.69) is 33.4 Å². The summed E-state index contributed by atoms with van der Waals surface area (Å²) in [6.45, 7) is 8.97. The van der Waals surface area contributed by atoms with Crippen molar-refractivity contribution < 1.29 is 33.8 Å². The summed E-state index contributed by atoms with van der Waals surface area (Å²) in [5, 5.41) is 19.7. The van der Waals surface area contributed by atoms with Gasteiger partial charge in [-0.2, -0.15) is 0 Å². The van der Waals surface area contributed by atoms with Crippen LogP contribution in [0.2, 0.25) is 0 Å². The van der Waals surface area contributed by atoms with Crippen molar-refractivity contribution in [3.8, 4) is 11.1 Å². The molecule has 0 spiro atoms. The molecule has 11 nitrogen and oxygen atoms in total. The van der Waals surface area contributed by atoms with Crippen LogP contribution in [0.5, 0.6) is 0 Å². The fraction of sp³-hybridized carbons (Fsp3) is 0.485. The SMILES string of the molecule is CC[C@H](C)[C@H](NC(=O)CCNC(=O)OCC1c2ccccc2-c2ccccc21)C(=O)N[C@@H](C)C(=O)N[C@@H](CC(C)C)C(=O)O. The number of amides is 4. The molecule has 0 saturated carbocycles. The fourth-order valence-electron chi connectivity index (χ4n) is 5.23. The van der Waals surface area contributed by atoms with Crippen molar-refractivity contribution in [2.24, 2.45) is 11.8 Å². The maximum Gasteiger partial charge on any atom is 0.407 e. The Bertz CT molecular complexity index is 1300. The number of carboxylic acid groups (broad SMARTS) is 1. The molecule has 0 aromatic heterocycles. The van der Waals surface area contributed by atoms with Gasteiger partial charge in [0.2, 0.25) is 17.7 Å². The van der Waals surface area contributed by atoms with Crippen LogP contribution in [0.15, 0.2) is 48.5 Å². The number of aliphatic carboxylic acids is 1. The van der Waals surface area contributed by atoms with Gasteiger partial charge < -0.3 is 31.1 Å². The second kappa shape index (κ2) is 15.9. The molecule has 0 bridgehead atoms. The van der Waals surface area contributed by atoms with E-state index in [0.29, 0.717) is 6.42 Å². The summed E-state index contributed by atoms with van der Waals surface area (Å²) >= 11 is 0. The van der Waals surface area contributed by atoms with Crippen LogP contribution in [-0.4, -0.2) is 66.2 Å². The molecule has 4 atom stereocenters. The van der Waals surface area contributed by atoms with Crippen LogP contribution in [0.25, 0.3) is 11.1 Å². The zero-order valence-electron chi connectivity index (χ0n) is 26.0. The topological polar surface area (TPSA) is 163 Å². The summed E-state index contributed by atoms with van der Waals surface area (Å²) in [6.07, 6.45) is 0.0903. The average Bonchev–Trinajstić information content (AvgIpc) is 3.31. The first-order valence-corrected chi connectivity index (χ1v) is 15.1. The molecule has 44 heavy (non-hydrogen) atoms. The van der Waals surface area contributed by atoms with Gasteiger partial charge in [-0.3, -0.25) is 14.4 Å². The van der Waals surface area contributed by atoms with E-state index in [-0.39, 0.29) is 43.7 Å². The van der Waals surface area contributed by atoms with Crippen molar-refractivity contribution in [1.29, 1.82) is 0 Å². The number of nitrogens with one attached hydrogen (secondary N) is 4. The van der Waals surface area contributed by atoms with Crippen molar-refractivity contribution >= 4 is 29.8 Å². The van der Waals surface area contributed by atoms with Crippen molar-refractivity contribution in [1.82, 2.24) is 21.3 Å². The van der Waals surface area contributed by atoms with Gasteiger partial charge in [-0.1, -0.05) is 82.6 Å². The van der Waals surface area contributed by atoms with Crippen LogP contribution in [-0.2, 0) is 23.9 Å². The summed E-state index contributed by atoms with van der Waals surface area (Å²) in [4.78, 5) is 62.3. The number of fused-ring (bicyclic) bond motifs is 3. The monoisotopic (exact) mass is 608 g/mol. The van der Waals surface area contributed by atoms with E-state index in [9.17, 15) is 29.1 Å². The number of carbonyl (C=O) groups excluding carboxylic acids is 4. The Morgan fingerprint density at radius 3 is 1.98 bits per heavy atom. The predicted octanol–water partition coefficient (Wildman–Crippen LogP) is 3.57. The van der Waals surface area contributed by atoms with Crippen LogP contribution in [0.3, 0.4) is 0 Å². The smallest absolute Gasteiger partial charge is 0.407 e. The molecule has 1 aliphatic rings. The lowest BCUT2D eigenvalue weighted by atomic mass is 9.97. The Kier molecular flexibility index (Phi) is 12.3. The molecule has 2 aromatic rings. The molecular formula is C33H44N4O7. The molecule has 1 aliphatic carbocycles. The highest BCUT2D eigenvalue weighted by molar-refractivity contribution is 5.93. The van der Waals surface area contributed by atoms with Crippen LogP contribution >= 0.6 is 0 Å². The van der Waals surface area contributed by atoms with Gasteiger partial charge in [-0.15, -0.1) is 0 Å². The summed E-state index contributed by atoms with van der Waals surface area (Å²) in [5.41, 5.74) is 4.44. The standard InChI is InChI=1S/C33H44N4O7/c1-6-20(4)29(31(40)35-21(5)30(39)36-27(32(41)42)17-19(2)3)37-28(38)15-16-34-33(43)44-18-26-24-13-9-7-11-22(24)23-12-8-10-14-25(23)26/h7-14,19-21,26-27,29H,6,15-18H2,1-5H3,(H,34,43)(H,35,40)(H,36,39)(H,37,38)(H,41,42)/t20-,21-,27-,29-/m0/s1.